The molecule has 0 spiro atoms. The minimum absolute atomic E-state index is 0.000628. The molecule has 0 bridgehead atoms. The Morgan fingerprint density at radius 2 is 1.92 bits per heavy atom. The quantitative estimate of drug-likeness (QED) is 0.426. The van der Waals surface area contributed by atoms with Crippen LogP contribution in [0.3, 0.4) is 0 Å². The number of oxime groups is 1. The zero-order valence-electron chi connectivity index (χ0n) is 18.9. The molecular formula is C23H19Cl2F4N3O4. The monoisotopic (exact) mass is 547 g/mol. The van der Waals surface area contributed by atoms with Crippen molar-refractivity contribution >= 4 is 40.7 Å². The Bertz CT molecular complexity index is 1250. The number of nitrogens with one attached hydrogen (secondary N) is 1. The van der Waals surface area contributed by atoms with E-state index in [-0.39, 0.29) is 29.4 Å². The van der Waals surface area contributed by atoms with Gasteiger partial charge in [-0.3, -0.25) is 14.4 Å². The summed E-state index contributed by atoms with van der Waals surface area (Å²) < 4.78 is 56.4. The molecule has 0 aromatic heterocycles. The summed E-state index contributed by atoms with van der Waals surface area (Å²) in [5.74, 6) is -1.96. The van der Waals surface area contributed by atoms with Crippen molar-refractivity contribution in [3.63, 3.8) is 0 Å². The molecule has 2 aliphatic heterocycles. The van der Waals surface area contributed by atoms with Crippen LogP contribution in [0.1, 0.15) is 40.4 Å². The van der Waals surface area contributed by atoms with Crippen molar-refractivity contribution in [2.24, 2.45) is 5.16 Å². The first-order valence-electron chi connectivity index (χ1n) is 10.7. The Kier molecular flexibility index (Phi) is 6.93. The predicted molar refractivity (Wildman–Crippen MR) is 122 cm³/mol. The fourth-order valence-electron chi connectivity index (χ4n) is 4.00. The second-order valence-electron chi connectivity index (χ2n) is 8.27. The van der Waals surface area contributed by atoms with Crippen LogP contribution in [0.5, 0.6) is 0 Å². The first-order chi connectivity index (χ1) is 16.9. The lowest BCUT2D eigenvalue weighted by Crippen LogP contribution is -2.43. The molecule has 192 valence electrons. The van der Waals surface area contributed by atoms with E-state index in [1.54, 1.807) is 13.8 Å². The lowest BCUT2D eigenvalue weighted by atomic mass is 9.86. The number of likely N-dealkylation sites (N-methyl/N-ethyl adjacent to an activating group) is 1. The van der Waals surface area contributed by atoms with Gasteiger partial charge in [0.05, 0.1) is 15.8 Å². The van der Waals surface area contributed by atoms with Crippen molar-refractivity contribution in [2.45, 2.75) is 38.1 Å². The molecule has 1 N–H and O–H groups in total. The van der Waals surface area contributed by atoms with E-state index in [0.717, 1.165) is 17.2 Å². The third-order valence-electron chi connectivity index (χ3n) is 5.97. The molecule has 0 aliphatic carbocycles. The molecule has 7 nitrogen and oxygen atoms in total. The molecule has 1 unspecified atom stereocenters. The third kappa shape index (κ3) is 4.51. The van der Waals surface area contributed by atoms with Crippen LogP contribution < -0.4 is 5.32 Å². The highest BCUT2D eigenvalue weighted by Crippen LogP contribution is 2.50. The van der Waals surface area contributed by atoms with Crippen LogP contribution in [0, 0.1) is 12.7 Å². The van der Waals surface area contributed by atoms with Crippen molar-refractivity contribution in [3.8, 4) is 0 Å². The van der Waals surface area contributed by atoms with Crippen molar-refractivity contribution in [1.29, 1.82) is 0 Å². The molecule has 1 fully saturated rings. The summed E-state index contributed by atoms with van der Waals surface area (Å²) >= 11 is 11.5. The number of alkyl halides is 3. The van der Waals surface area contributed by atoms with Crippen LogP contribution in [0.2, 0.25) is 10.0 Å². The molecule has 2 aromatic carbocycles. The summed E-state index contributed by atoms with van der Waals surface area (Å²) in [5.41, 5.74) is -2.53. The highest BCUT2D eigenvalue weighted by atomic mass is 35.5. The molecule has 2 heterocycles. The standard InChI is InChI=1S/C23H19Cl2F4N3O4/c1-3-32-21(34)18(10-35-32)30-20(33)14-5-4-12(6-11(14)2)17-9-22(36-31-17,23(27,28)29)13-7-15(24)19(26)16(25)8-13/h4-8,18H,3,9-10H2,1-2H3,(H,30,33)/t18?,22-/m1/s1. The summed E-state index contributed by atoms with van der Waals surface area (Å²) in [4.78, 5) is 35.0. The zero-order valence-corrected chi connectivity index (χ0v) is 20.4. The first kappa shape index (κ1) is 26.2. The molecule has 2 amide bonds. The Hall–Kier alpha value is -2.89. The third-order valence-corrected chi connectivity index (χ3v) is 6.52. The second-order valence-corrected chi connectivity index (χ2v) is 9.08. The molecule has 1 saturated heterocycles. The van der Waals surface area contributed by atoms with Gasteiger partial charge in [-0.25, -0.2) is 9.45 Å². The summed E-state index contributed by atoms with van der Waals surface area (Å²) in [7, 11) is 0. The van der Waals surface area contributed by atoms with Crippen LogP contribution in [-0.2, 0) is 20.1 Å². The van der Waals surface area contributed by atoms with E-state index < -0.39 is 51.6 Å². The van der Waals surface area contributed by atoms with Gasteiger partial charge in [0.2, 0.25) is 0 Å². The summed E-state index contributed by atoms with van der Waals surface area (Å²) in [6.45, 7) is 3.66. The number of aryl methyl sites for hydroxylation is 1. The average molecular weight is 548 g/mol. The van der Waals surface area contributed by atoms with Gasteiger partial charge in [0.15, 0.2) is 5.82 Å². The predicted octanol–water partition coefficient (Wildman–Crippen LogP) is 4.92. The van der Waals surface area contributed by atoms with Gasteiger partial charge in [-0.2, -0.15) is 13.2 Å². The maximum atomic E-state index is 14.2. The minimum Gasteiger partial charge on any atom is -0.374 e. The van der Waals surface area contributed by atoms with E-state index >= 15 is 0 Å². The van der Waals surface area contributed by atoms with Gasteiger partial charge in [0.1, 0.15) is 12.6 Å². The SMILES string of the molecule is CCN1OCC(NC(=O)c2ccc(C3=NO[C@](c4cc(Cl)c(F)c(Cl)c4)(C(F)(F)F)C3)cc2C)C1=O. The number of hydrogen-bond acceptors (Lipinski definition) is 5. The number of amides is 2. The number of nitrogens with zero attached hydrogens (tertiary/aromatic N) is 2. The van der Waals surface area contributed by atoms with Crippen molar-refractivity contribution in [2.75, 3.05) is 13.2 Å². The number of rotatable bonds is 5. The fraction of sp³-hybridized carbons (Fsp3) is 0.348. The van der Waals surface area contributed by atoms with Gasteiger partial charge >= 0.3 is 6.18 Å². The summed E-state index contributed by atoms with van der Waals surface area (Å²) in [5, 5.41) is 6.23. The van der Waals surface area contributed by atoms with Crippen LogP contribution in [-0.4, -0.2) is 48.0 Å². The Labute approximate surface area is 212 Å². The number of halogens is 6. The van der Waals surface area contributed by atoms with E-state index in [4.69, 9.17) is 32.9 Å². The smallest absolute Gasteiger partial charge is 0.374 e. The molecule has 2 aliphatic rings. The Morgan fingerprint density at radius 1 is 1.25 bits per heavy atom. The van der Waals surface area contributed by atoms with Crippen LogP contribution >= 0.6 is 23.2 Å². The van der Waals surface area contributed by atoms with Crippen molar-refractivity contribution < 1.29 is 36.8 Å². The van der Waals surface area contributed by atoms with Gasteiger partial charge in [0.25, 0.3) is 17.4 Å². The molecule has 13 heteroatoms. The molecule has 2 atom stereocenters. The van der Waals surface area contributed by atoms with E-state index in [2.05, 4.69) is 10.5 Å². The van der Waals surface area contributed by atoms with E-state index in [1.807, 2.05) is 0 Å². The average Bonchev–Trinajstić information content (AvgIpc) is 3.42. The number of carbonyl (C=O) groups excluding carboxylic acids is 2. The van der Waals surface area contributed by atoms with Gasteiger partial charge in [-0.15, -0.1) is 0 Å². The minimum atomic E-state index is -4.94. The second kappa shape index (κ2) is 9.53. The van der Waals surface area contributed by atoms with Crippen LogP contribution in [0.4, 0.5) is 17.6 Å². The van der Waals surface area contributed by atoms with Gasteiger partial charge in [0, 0.05) is 24.1 Å². The first-order valence-corrected chi connectivity index (χ1v) is 11.5. The Morgan fingerprint density at radius 3 is 2.47 bits per heavy atom. The number of hydroxylamine groups is 2. The van der Waals surface area contributed by atoms with Crippen LogP contribution in [0.25, 0.3) is 0 Å². The van der Waals surface area contributed by atoms with Crippen molar-refractivity contribution in [1.82, 2.24) is 10.4 Å². The highest BCUT2D eigenvalue weighted by molar-refractivity contribution is 6.35. The molecule has 36 heavy (non-hydrogen) atoms. The highest BCUT2D eigenvalue weighted by Gasteiger charge is 2.62. The topological polar surface area (TPSA) is 80.2 Å². The Balaban J connectivity index is 1.57. The molecule has 4 rings (SSSR count). The number of benzene rings is 2. The van der Waals surface area contributed by atoms with E-state index in [9.17, 15) is 27.2 Å². The zero-order chi connectivity index (χ0) is 26.4. The normalized spacial score (nSPS) is 22.0. The van der Waals surface area contributed by atoms with Crippen molar-refractivity contribution in [3.05, 3.63) is 68.4 Å². The molecule has 0 saturated carbocycles. The molecular weight excluding hydrogens is 529 g/mol. The largest absolute Gasteiger partial charge is 0.435 e. The van der Waals surface area contributed by atoms with Crippen LogP contribution in [0.15, 0.2) is 35.5 Å². The number of carbonyl (C=O) groups is 2. The van der Waals surface area contributed by atoms with Gasteiger partial charge < -0.3 is 10.2 Å². The summed E-state index contributed by atoms with van der Waals surface area (Å²) in [6.07, 6.45) is -5.68. The fourth-order valence-corrected chi connectivity index (χ4v) is 4.49. The maximum Gasteiger partial charge on any atom is 0.435 e. The number of hydrogen-bond donors (Lipinski definition) is 1. The van der Waals surface area contributed by atoms with E-state index in [0.29, 0.717) is 12.1 Å². The van der Waals surface area contributed by atoms with E-state index in [1.165, 1.54) is 18.2 Å². The molecule has 2 aromatic rings. The summed E-state index contributed by atoms with van der Waals surface area (Å²) in [6, 6.07) is 5.10. The lowest BCUT2D eigenvalue weighted by Gasteiger charge is -2.29. The van der Waals surface area contributed by atoms with Gasteiger partial charge in [-0.1, -0.05) is 34.4 Å². The van der Waals surface area contributed by atoms with Gasteiger partial charge in [-0.05, 0) is 49.2 Å². The lowest BCUT2D eigenvalue weighted by molar-refractivity contribution is -0.275. The maximum absolute atomic E-state index is 14.2. The molecule has 0 radical (unpaired) electrons.